The molecule has 3 rings (SSSR count). The molecule has 0 aliphatic rings. The van der Waals surface area contributed by atoms with Gasteiger partial charge in [-0.1, -0.05) is 57.6 Å². The fourth-order valence-corrected chi connectivity index (χ4v) is 3.62. The zero-order valence-corrected chi connectivity index (χ0v) is 21.3. The van der Waals surface area contributed by atoms with Gasteiger partial charge >= 0.3 is 5.97 Å². The van der Waals surface area contributed by atoms with Crippen LogP contribution in [0.2, 0.25) is 10.0 Å². The van der Waals surface area contributed by atoms with Gasteiger partial charge in [0, 0.05) is 30.1 Å². The molecule has 34 heavy (non-hydrogen) atoms. The fraction of sp³-hybridized carbons (Fsp3) is 0.217. The van der Waals surface area contributed by atoms with Crippen molar-refractivity contribution in [2.24, 2.45) is 0 Å². The molecule has 2 heterocycles. The molecule has 0 saturated carbocycles. The summed E-state index contributed by atoms with van der Waals surface area (Å²) in [4.78, 5) is 28.7. The van der Waals surface area contributed by atoms with Crippen LogP contribution in [0.15, 0.2) is 59.4 Å². The number of ether oxygens (including phenoxy) is 1. The summed E-state index contributed by atoms with van der Waals surface area (Å²) in [6.07, 6.45) is 3.78. The number of carbonyl (C=O) groups excluding carboxylic acids is 2. The van der Waals surface area contributed by atoms with Gasteiger partial charge in [0.15, 0.2) is 10.6 Å². The number of benzene rings is 1. The molecule has 178 valence electrons. The summed E-state index contributed by atoms with van der Waals surface area (Å²) < 4.78 is 10.7. The molecule has 1 amide bonds. The lowest BCUT2D eigenvalue weighted by atomic mass is 10.1. The molecule has 11 heteroatoms. The van der Waals surface area contributed by atoms with Crippen molar-refractivity contribution in [3.05, 3.63) is 64.9 Å². The van der Waals surface area contributed by atoms with Gasteiger partial charge in [0.1, 0.15) is 17.0 Å². The van der Waals surface area contributed by atoms with Gasteiger partial charge in [-0.25, -0.2) is 4.79 Å². The Balaban J connectivity index is 1.95. The van der Waals surface area contributed by atoms with E-state index in [0.29, 0.717) is 38.4 Å². The van der Waals surface area contributed by atoms with Crippen LogP contribution >= 0.6 is 46.4 Å². The molecule has 7 nitrogen and oxygen atoms in total. The van der Waals surface area contributed by atoms with E-state index in [1.165, 1.54) is 12.4 Å². The number of amides is 1. The van der Waals surface area contributed by atoms with E-state index in [9.17, 15) is 9.59 Å². The van der Waals surface area contributed by atoms with Crippen LogP contribution in [0.5, 0.6) is 0 Å². The number of hydrogen-bond donors (Lipinski definition) is 0. The van der Waals surface area contributed by atoms with Gasteiger partial charge in [0.25, 0.3) is 5.91 Å². The van der Waals surface area contributed by atoms with Gasteiger partial charge in [0.2, 0.25) is 0 Å². The molecule has 0 fully saturated rings. The molecule has 0 spiro atoms. The van der Waals surface area contributed by atoms with Crippen molar-refractivity contribution in [1.29, 1.82) is 0 Å². The topological polar surface area (TPSA) is 85.5 Å². The van der Waals surface area contributed by atoms with Gasteiger partial charge < -0.3 is 9.26 Å². The molecule has 0 atom stereocenters. The lowest BCUT2D eigenvalue weighted by Crippen LogP contribution is -2.31. The second-order valence-electron chi connectivity index (χ2n) is 7.93. The number of halogens is 4. The second-order valence-corrected chi connectivity index (χ2v) is 9.84. The first kappa shape index (κ1) is 26.0. The minimum absolute atomic E-state index is 0.296. The highest BCUT2D eigenvalue weighted by Crippen LogP contribution is 2.36. The monoisotopic (exact) mass is 541 g/mol. The van der Waals surface area contributed by atoms with E-state index < -0.39 is 22.3 Å². The Bertz CT molecular complexity index is 1210. The Morgan fingerprint density at radius 2 is 1.76 bits per heavy atom. The zero-order valence-electron chi connectivity index (χ0n) is 18.3. The standard InChI is InChI=1S/C23H19Cl4N3O4/c1-23(2,3)33-19(31)8-10-30(22(32)21(26)27)13-7-9-28-16(11-13)18-12-17(29-34-18)20-14(24)5-4-6-15(20)25/h4-12,21H,1-3H3. The van der Waals surface area contributed by atoms with E-state index >= 15 is 0 Å². The average Bonchev–Trinajstić information content (AvgIpc) is 3.22. The van der Waals surface area contributed by atoms with E-state index in [0.717, 1.165) is 11.0 Å². The number of hydrogen-bond acceptors (Lipinski definition) is 6. The molecule has 0 aliphatic heterocycles. The number of rotatable bonds is 6. The maximum absolute atomic E-state index is 12.6. The molecule has 0 bridgehead atoms. The Labute approximate surface area is 216 Å². The minimum Gasteiger partial charge on any atom is -0.457 e. The third-order valence-corrected chi connectivity index (χ3v) is 5.20. The molecule has 0 unspecified atom stereocenters. The van der Waals surface area contributed by atoms with E-state index in [1.54, 1.807) is 57.2 Å². The molecule has 0 radical (unpaired) electrons. The Kier molecular flexibility index (Phi) is 8.25. The van der Waals surface area contributed by atoms with Crippen LogP contribution in [0.25, 0.3) is 22.7 Å². The molecular formula is C23H19Cl4N3O4. The zero-order chi connectivity index (χ0) is 25.0. The quantitative estimate of drug-likeness (QED) is 0.195. The van der Waals surface area contributed by atoms with E-state index in [4.69, 9.17) is 55.7 Å². The third-order valence-electron chi connectivity index (χ3n) is 4.19. The smallest absolute Gasteiger partial charge is 0.332 e. The average molecular weight is 543 g/mol. The van der Waals surface area contributed by atoms with Crippen LogP contribution in [0.1, 0.15) is 20.8 Å². The number of aromatic nitrogens is 2. The maximum atomic E-state index is 12.6. The van der Waals surface area contributed by atoms with Crippen molar-refractivity contribution in [1.82, 2.24) is 10.1 Å². The summed E-state index contributed by atoms with van der Waals surface area (Å²) in [5, 5.41) is 4.86. The van der Waals surface area contributed by atoms with Crippen LogP contribution in [-0.4, -0.2) is 32.5 Å². The Morgan fingerprint density at radius 3 is 2.38 bits per heavy atom. The minimum atomic E-state index is -1.38. The van der Waals surface area contributed by atoms with Gasteiger partial charge in [-0.05, 0) is 45.0 Å². The SMILES string of the molecule is CC(C)(C)OC(=O)C=CN(C(=O)C(Cl)Cl)c1ccnc(-c2cc(-c3c(Cl)cccc3Cl)no2)c1. The summed E-state index contributed by atoms with van der Waals surface area (Å²) >= 11 is 24.1. The largest absolute Gasteiger partial charge is 0.457 e. The van der Waals surface area contributed by atoms with Gasteiger partial charge in [-0.15, -0.1) is 0 Å². The summed E-state index contributed by atoms with van der Waals surface area (Å²) in [6, 6.07) is 9.80. The second kappa shape index (κ2) is 10.8. The number of esters is 1. The highest BCUT2D eigenvalue weighted by atomic mass is 35.5. The molecule has 0 saturated heterocycles. The molecule has 3 aromatic rings. The number of anilines is 1. The van der Waals surface area contributed by atoms with Crippen molar-refractivity contribution in [3.8, 4) is 22.7 Å². The van der Waals surface area contributed by atoms with Crippen molar-refractivity contribution >= 4 is 64.0 Å². The molecular weight excluding hydrogens is 524 g/mol. The normalized spacial score (nSPS) is 11.8. The summed E-state index contributed by atoms with van der Waals surface area (Å²) in [7, 11) is 0. The van der Waals surface area contributed by atoms with Crippen molar-refractivity contribution in [3.63, 3.8) is 0 Å². The van der Waals surface area contributed by atoms with Crippen LogP contribution in [-0.2, 0) is 14.3 Å². The Hall–Kier alpha value is -2.58. The first-order valence-corrected chi connectivity index (χ1v) is 11.5. The van der Waals surface area contributed by atoms with Crippen LogP contribution in [0, 0.1) is 0 Å². The summed E-state index contributed by atoms with van der Waals surface area (Å²) in [5.41, 5.74) is 0.910. The lowest BCUT2D eigenvalue weighted by Gasteiger charge is -2.21. The molecule has 2 aromatic heterocycles. The molecule has 0 aliphatic carbocycles. The van der Waals surface area contributed by atoms with Crippen molar-refractivity contribution < 1.29 is 18.8 Å². The predicted octanol–water partition coefficient (Wildman–Crippen LogP) is 6.70. The number of alkyl halides is 2. The number of pyridine rings is 1. The summed E-state index contributed by atoms with van der Waals surface area (Å²) in [6.45, 7) is 5.18. The van der Waals surface area contributed by atoms with Gasteiger partial charge in [0.05, 0.1) is 15.7 Å². The lowest BCUT2D eigenvalue weighted by molar-refractivity contribution is -0.148. The molecule has 1 aromatic carbocycles. The van der Waals surface area contributed by atoms with Crippen molar-refractivity contribution in [2.75, 3.05) is 4.90 Å². The maximum Gasteiger partial charge on any atom is 0.332 e. The summed E-state index contributed by atoms with van der Waals surface area (Å²) in [5.74, 6) is -1.03. The first-order valence-electron chi connectivity index (χ1n) is 9.86. The highest BCUT2D eigenvalue weighted by molar-refractivity contribution is 6.54. The van der Waals surface area contributed by atoms with Gasteiger partial charge in [-0.3, -0.25) is 14.7 Å². The van der Waals surface area contributed by atoms with E-state index in [2.05, 4.69) is 10.1 Å². The van der Waals surface area contributed by atoms with Crippen LogP contribution < -0.4 is 4.90 Å². The number of carbonyl (C=O) groups is 2. The number of nitrogens with zero attached hydrogens (tertiary/aromatic N) is 3. The fourth-order valence-electron chi connectivity index (χ4n) is 2.82. The van der Waals surface area contributed by atoms with Crippen LogP contribution in [0.4, 0.5) is 5.69 Å². The highest BCUT2D eigenvalue weighted by Gasteiger charge is 2.23. The van der Waals surface area contributed by atoms with Crippen molar-refractivity contribution in [2.45, 2.75) is 31.2 Å². The Morgan fingerprint density at radius 1 is 1.09 bits per heavy atom. The van der Waals surface area contributed by atoms with E-state index in [-0.39, 0.29) is 0 Å². The first-order chi connectivity index (χ1) is 16.0. The predicted molar refractivity (Wildman–Crippen MR) is 133 cm³/mol. The molecule has 0 N–H and O–H groups in total. The third kappa shape index (κ3) is 6.51. The van der Waals surface area contributed by atoms with Gasteiger partial charge in [-0.2, -0.15) is 0 Å². The van der Waals surface area contributed by atoms with Crippen LogP contribution in [0.3, 0.4) is 0 Å². The van der Waals surface area contributed by atoms with E-state index in [1.807, 2.05) is 0 Å².